The molecule has 4 rings (SSSR count). The molecule has 0 spiro atoms. The number of imidazole rings is 1. The lowest BCUT2D eigenvalue weighted by molar-refractivity contribution is -0.131. The highest BCUT2D eigenvalue weighted by atomic mass is 35.5. The number of aromatic nitrogens is 2. The summed E-state index contributed by atoms with van der Waals surface area (Å²) in [4.78, 5) is 22.1. The standard InChI is InChI=1S/C31H42ClFN4O3/c1-19(2)23(22-10-5-6-11-24(22)32)17-27-35-25-13-12-21(16-26(25)36-27)31(3,18-40-4)30(39)37-28(20-8-7-9-20)29(38)34-15-14-33/h5-6,10-13,16,19-20,23,28-29,34,38H,7-9,14-15,17-18H2,1-4H3,(H,35,36)(H,37,39)/t23-,28+,29?,31?/m0/s1. The number of carbonyl (C=O) groups excluding carboxylic acids is 1. The first-order valence-electron chi connectivity index (χ1n) is 14.2. The largest absolute Gasteiger partial charge is 0.383 e. The number of amides is 1. The summed E-state index contributed by atoms with van der Waals surface area (Å²) in [5.41, 5.74) is 2.52. The van der Waals surface area contributed by atoms with Crippen LogP contribution in [0.25, 0.3) is 11.0 Å². The lowest BCUT2D eigenvalue weighted by Gasteiger charge is -2.39. The molecule has 0 bridgehead atoms. The van der Waals surface area contributed by atoms with E-state index in [9.17, 15) is 14.3 Å². The van der Waals surface area contributed by atoms with Crippen LogP contribution in [-0.4, -0.2) is 60.2 Å². The molecule has 1 fully saturated rings. The van der Waals surface area contributed by atoms with Gasteiger partial charge in [-0.2, -0.15) is 0 Å². The van der Waals surface area contributed by atoms with Gasteiger partial charge in [0.05, 0.1) is 29.1 Å². The van der Waals surface area contributed by atoms with Gasteiger partial charge in [-0.25, -0.2) is 9.37 Å². The Hall–Kier alpha value is -2.52. The number of aromatic amines is 1. The van der Waals surface area contributed by atoms with Crippen LogP contribution in [0.5, 0.6) is 0 Å². The maximum Gasteiger partial charge on any atom is 0.233 e. The minimum atomic E-state index is -1.03. The number of aliphatic hydroxyl groups excluding tert-OH is 1. The maximum atomic E-state index is 13.8. The normalized spacial score (nSPS) is 17.8. The fourth-order valence-electron chi connectivity index (χ4n) is 5.65. The number of nitrogens with one attached hydrogen (secondary N) is 3. The quantitative estimate of drug-likeness (QED) is 0.197. The molecule has 1 saturated carbocycles. The number of nitrogens with zero attached hydrogens (tertiary/aromatic N) is 1. The molecular weight excluding hydrogens is 531 g/mol. The highest BCUT2D eigenvalue weighted by Gasteiger charge is 2.41. The van der Waals surface area contributed by atoms with Gasteiger partial charge in [-0.3, -0.25) is 10.1 Å². The molecule has 2 aromatic carbocycles. The van der Waals surface area contributed by atoms with E-state index in [-0.39, 0.29) is 30.9 Å². The van der Waals surface area contributed by atoms with E-state index in [2.05, 4.69) is 35.5 Å². The van der Waals surface area contributed by atoms with Crippen LogP contribution < -0.4 is 10.6 Å². The third-order valence-corrected chi connectivity index (χ3v) is 8.71. The van der Waals surface area contributed by atoms with Gasteiger partial charge in [-0.05, 0) is 66.8 Å². The second-order valence-corrected chi connectivity index (χ2v) is 11.9. The molecule has 0 saturated heterocycles. The number of ether oxygens (including phenoxy) is 1. The van der Waals surface area contributed by atoms with E-state index < -0.39 is 24.4 Å². The van der Waals surface area contributed by atoms with Gasteiger partial charge in [0.1, 0.15) is 18.7 Å². The van der Waals surface area contributed by atoms with Crippen molar-refractivity contribution in [3.05, 3.63) is 64.4 Å². The number of carbonyl (C=O) groups is 1. The van der Waals surface area contributed by atoms with Crippen LogP contribution in [0.2, 0.25) is 5.02 Å². The molecule has 9 heteroatoms. The second-order valence-electron chi connectivity index (χ2n) is 11.5. The summed E-state index contributed by atoms with van der Waals surface area (Å²) in [7, 11) is 1.57. The summed E-state index contributed by atoms with van der Waals surface area (Å²) in [6, 6.07) is 13.2. The van der Waals surface area contributed by atoms with E-state index in [0.29, 0.717) is 12.3 Å². The number of rotatable bonds is 14. The van der Waals surface area contributed by atoms with Crippen LogP contribution in [0.4, 0.5) is 4.39 Å². The minimum absolute atomic E-state index is 0.0303. The number of benzene rings is 2. The smallest absolute Gasteiger partial charge is 0.233 e. The summed E-state index contributed by atoms with van der Waals surface area (Å²) in [5.74, 6) is 1.30. The van der Waals surface area contributed by atoms with Gasteiger partial charge in [-0.15, -0.1) is 0 Å². The van der Waals surface area contributed by atoms with E-state index in [1.54, 1.807) is 7.11 Å². The van der Waals surface area contributed by atoms with Crippen molar-refractivity contribution in [1.82, 2.24) is 20.6 Å². The summed E-state index contributed by atoms with van der Waals surface area (Å²) >= 11 is 6.53. The van der Waals surface area contributed by atoms with E-state index >= 15 is 0 Å². The molecule has 0 radical (unpaired) electrons. The third kappa shape index (κ3) is 6.68. The average Bonchev–Trinajstić information content (AvgIpc) is 3.31. The maximum absolute atomic E-state index is 13.8. The predicted octanol–water partition coefficient (Wildman–Crippen LogP) is 5.27. The van der Waals surface area contributed by atoms with Gasteiger partial charge in [0.15, 0.2) is 0 Å². The highest BCUT2D eigenvalue weighted by molar-refractivity contribution is 6.31. The molecule has 4 N–H and O–H groups in total. The van der Waals surface area contributed by atoms with Gasteiger partial charge in [-0.1, -0.05) is 56.1 Å². The van der Waals surface area contributed by atoms with Gasteiger partial charge in [0, 0.05) is 25.1 Å². The molecule has 1 aromatic heterocycles. The first-order valence-corrected chi connectivity index (χ1v) is 14.6. The highest BCUT2D eigenvalue weighted by Crippen LogP contribution is 2.35. The number of alkyl halides is 1. The Morgan fingerprint density at radius 2 is 2.02 bits per heavy atom. The molecule has 1 heterocycles. The molecule has 1 aliphatic rings. The van der Waals surface area contributed by atoms with E-state index in [0.717, 1.165) is 52.3 Å². The molecule has 218 valence electrons. The number of methoxy groups -OCH3 is 1. The Morgan fingerprint density at radius 1 is 1.27 bits per heavy atom. The predicted molar refractivity (Wildman–Crippen MR) is 157 cm³/mol. The number of halogens is 2. The molecular formula is C31H42ClFN4O3. The number of hydrogen-bond acceptors (Lipinski definition) is 5. The van der Waals surface area contributed by atoms with Gasteiger partial charge in [0.25, 0.3) is 0 Å². The van der Waals surface area contributed by atoms with Crippen LogP contribution >= 0.6 is 11.6 Å². The van der Waals surface area contributed by atoms with Crippen molar-refractivity contribution in [3.8, 4) is 0 Å². The molecule has 40 heavy (non-hydrogen) atoms. The Morgan fingerprint density at radius 3 is 2.65 bits per heavy atom. The minimum Gasteiger partial charge on any atom is -0.383 e. The van der Waals surface area contributed by atoms with E-state index in [1.807, 2.05) is 43.3 Å². The summed E-state index contributed by atoms with van der Waals surface area (Å²) in [5, 5.41) is 17.3. The van der Waals surface area contributed by atoms with Crippen molar-refractivity contribution in [2.45, 2.75) is 70.1 Å². The molecule has 4 atom stereocenters. The van der Waals surface area contributed by atoms with Gasteiger partial charge in [0.2, 0.25) is 5.91 Å². The van der Waals surface area contributed by atoms with Crippen molar-refractivity contribution in [2.24, 2.45) is 11.8 Å². The van der Waals surface area contributed by atoms with Crippen molar-refractivity contribution in [1.29, 1.82) is 0 Å². The fourth-order valence-corrected chi connectivity index (χ4v) is 5.93. The number of H-pyrrole nitrogens is 1. The SMILES string of the molecule is COCC(C)(C(=O)N[C@H](C1CCC1)C(O)NCCF)c1ccc2nc(C[C@H](c3ccccc3Cl)C(C)C)[nH]c2c1. The summed E-state index contributed by atoms with van der Waals surface area (Å²) in [6.07, 6.45) is 2.55. The van der Waals surface area contributed by atoms with E-state index in [1.165, 1.54) is 0 Å². The van der Waals surface area contributed by atoms with Crippen LogP contribution in [-0.2, 0) is 21.4 Å². The van der Waals surface area contributed by atoms with E-state index in [4.69, 9.17) is 21.3 Å². The monoisotopic (exact) mass is 572 g/mol. The lowest BCUT2D eigenvalue weighted by atomic mass is 9.77. The van der Waals surface area contributed by atoms with Crippen molar-refractivity contribution in [3.63, 3.8) is 0 Å². The zero-order chi connectivity index (χ0) is 28.9. The topological polar surface area (TPSA) is 99.3 Å². The Kier molecular flexibility index (Phi) is 10.2. The first-order chi connectivity index (χ1) is 19.2. The zero-order valence-electron chi connectivity index (χ0n) is 23.8. The van der Waals surface area contributed by atoms with Crippen molar-refractivity contribution in [2.75, 3.05) is 26.9 Å². The molecule has 7 nitrogen and oxygen atoms in total. The summed E-state index contributed by atoms with van der Waals surface area (Å²) in [6.45, 7) is 5.80. The lowest BCUT2D eigenvalue weighted by Crippen LogP contribution is -2.59. The molecule has 3 aromatic rings. The van der Waals surface area contributed by atoms with Crippen LogP contribution in [0, 0.1) is 11.8 Å². The molecule has 1 amide bonds. The van der Waals surface area contributed by atoms with Crippen molar-refractivity contribution >= 4 is 28.5 Å². The van der Waals surface area contributed by atoms with Crippen LogP contribution in [0.3, 0.4) is 0 Å². The Bertz CT molecular complexity index is 1280. The van der Waals surface area contributed by atoms with Crippen molar-refractivity contribution < 1.29 is 19.0 Å². The van der Waals surface area contributed by atoms with Gasteiger partial charge < -0.3 is 20.1 Å². The average molecular weight is 573 g/mol. The fraction of sp³-hybridized carbons (Fsp3) is 0.548. The van der Waals surface area contributed by atoms with Crippen LogP contribution in [0.15, 0.2) is 42.5 Å². The first kappa shape index (κ1) is 30.4. The van der Waals surface area contributed by atoms with Gasteiger partial charge >= 0.3 is 0 Å². The number of aliphatic hydroxyl groups is 1. The number of hydrogen-bond donors (Lipinski definition) is 4. The third-order valence-electron chi connectivity index (χ3n) is 8.37. The molecule has 1 aliphatic carbocycles. The molecule has 2 unspecified atom stereocenters. The Balaban J connectivity index is 1.59. The number of fused-ring (bicyclic) bond motifs is 1. The molecule has 0 aliphatic heterocycles. The van der Waals surface area contributed by atoms with Crippen LogP contribution in [0.1, 0.15) is 62.9 Å². The summed E-state index contributed by atoms with van der Waals surface area (Å²) < 4.78 is 18.3. The zero-order valence-corrected chi connectivity index (χ0v) is 24.6. The Labute approximate surface area is 241 Å². The second kappa shape index (κ2) is 13.4.